The Morgan fingerprint density at radius 2 is 1.87 bits per heavy atom. The van der Waals surface area contributed by atoms with Crippen molar-refractivity contribution in [1.29, 1.82) is 0 Å². The van der Waals surface area contributed by atoms with Crippen molar-refractivity contribution in [2.45, 2.75) is 26.9 Å². The first-order chi connectivity index (χ1) is 14.4. The molecule has 2 heterocycles. The lowest BCUT2D eigenvalue weighted by Crippen LogP contribution is -2.33. The Balaban J connectivity index is 1.55. The number of aryl methyl sites for hydroxylation is 2. The molecule has 4 rings (SSSR count). The second-order valence-electron chi connectivity index (χ2n) is 7.49. The molecule has 0 N–H and O–H groups in total. The summed E-state index contributed by atoms with van der Waals surface area (Å²) in [7, 11) is 1.74. The van der Waals surface area contributed by atoms with Crippen LogP contribution in [0.25, 0.3) is 16.7 Å². The van der Waals surface area contributed by atoms with Gasteiger partial charge in [0, 0.05) is 13.6 Å². The molecule has 0 aliphatic carbocycles. The highest BCUT2D eigenvalue weighted by Crippen LogP contribution is 2.14. The highest BCUT2D eigenvalue weighted by molar-refractivity contribution is 5.77. The van der Waals surface area contributed by atoms with Gasteiger partial charge in [0.1, 0.15) is 18.3 Å². The Morgan fingerprint density at radius 1 is 1.10 bits per heavy atom. The number of fused-ring (bicyclic) bond motifs is 1. The van der Waals surface area contributed by atoms with Crippen LogP contribution in [0.2, 0.25) is 0 Å². The maximum atomic E-state index is 12.9. The van der Waals surface area contributed by atoms with Crippen molar-refractivity contribution in [3.63, 3.8) is 0 Å². The summed E-state index contributed by atoms with van der Waals surface area (Å²) in [5, 5.41) is 4.68. The van der Waals surface area contributed by atoms with E-state index in [0.717, 1.165) is 16.8 Å². The van der Waals surface area contributed by atoms with Gasteiger partial charge in [0.2, 0.25) is 5.91 Å². The number of nitrogens with zero attached hydrogens (tertiary/aromatic N) is 5. The molecule has 7 heteroatoms. The molecule has 0 saturated heterocycles. The van der Waals surface area contributed by atoms with Crippen molar-refractivity contribution >= 4 is 16.9 Å². The molecule has 0 atom stereocenters. The van der Waals surface area contributed by atoms with Crippen molar-refractivity contribution in [3.8, 4) is 5.69 Å². The summed E-state index contributed by atoms with van der Waals surface area (Å²) < 4.78 is 2.95. The Bertz CT molecular complexity index is 1270. The fourth-order valence-corrected chi connectivity index (χ4v) is 3.45. The van der Waals surface area contributed by atoms with Crippen LogP contribution < -0.4 is 5.56 Å². The first kappa shape index (κ1) is 19.6. The van der Waals surface area contributed by atoms with Gasteiger partial charge in [0.25, 0.3) is 5.56 Å². The Kier molecular flexibility index (Phi) is 5.18. The molecule has 0 saturated carbocycles. The molecular formula is C23H23N5O2. The lowest BCUT2D eigenvalue weighted by atomic mass is 10.1. The molecule has 4 aromatic rings. The second kappa shape index (κ2) is 7.94. The Labute approximate surface area is 174 Å². The van der Waals surface area contributed by atoms with Crippen molar-refractivity contribution < 1.29 is 4.79 Å². The SMILES string of the molecule is Cc1ccc(CN(C)C(=O)Cn2cnc3c(cnn3-c3ccccc3)c2=O)c(C)c1. The number of likely N-dealkylation sites (N-methyl/N-ethyl adjacent to an activating group) is 1. The van der Waals surface area contributed by atoms with Crippen molar-refractivity contribution in [2.24, 2.45) is 0 Å². The summed E-state index contributed by atoms with van der Waals surface area (Å²) in [6.45, 7) is 4.50. The minimum Gasteiger partial charge on any atom is -0.340 e. The molecule has 0 spiro atoms. The standard InChI is InChI=1S/C23H23N5O2/c1-16-9-10-18(17(2)11-16)13-26(3)21(29)14-27-15-24-22-20(23(27)30)12-25-28(22)19-7-5-4-6-8-19/h4-12,15H,13-14H2,1-3H3. The number of carbonyl (C=O) groups is 1. The highest BCUT2D eigenvalue weighted by Gasteiger charge is 2.16. The van der Waals surface area contributed by atoms with E-state index in [9.17, 15) is 9.59 Å². The first-order valence-corrected chi connectivity index (χ1v) is 9.73. The third-order valence-electron chi connectivity index (χ3n) is 5.19. The van der Waals surface area contributed by atoms with E-state index in [1.54, 1.807) is 16.6 Å². The van der Waals surface area contributed by atoms with Crippen LogP contribution in [0, 0.1) is 13.8 Å². The van der Waals surface area contributed by atoms with Crippen LogP contribution >= 0.6 is 0 Å². The van der Waals surface area contributed by atoms with Crippen LogP contribution in [0.4, 0.5) is 0 Å². The molecule has 0 unspecified atom stereocenters. The predicted molar refractivity (Wildman–Crippen MR) is 116 cm³/mol. The van der Waals surface area contributed by atoms with Crippen LogP contribution in [-0.2, 0) is 17.9 Å². The summed E-state index contributed by atoms with van der Waals surface area (Å²) in [4.78, 5) is 31.6. The average Bonchev–Trinajstić information content (AvgIpc) is 3.17. The zero-order valence-corrected chi connectivity index (χ0v) is 17.2. The van der Waals surface area contributed by atoms with Crippen LogP contribution in [0.3, 0.4) is 0 Å². The lowest BCUT2D eigenvalue weighted by molar-refractivity contribution is -0.131. The number of amides is 1. The van der Waals surface area contributed by atoms with Gasteiger partial charge in [-0.05, 0) is 37.1 Å². The summed E-state index contributed by atoms with van der Waals surface area (Å²) in [5.41, 5.74) is 4.42. The Hall–Kier alpha value is -3.74. The molecule has 0 aliphatic heterocycles. The van der Waals surface area contributed by atoms with E-state index in [4.69, 9.17) is 0 Å². The van der Waals surface area contributed by atoms with Gasteiger partial charge < -0.3 is 4.90 Å². The molecule has 2 aromatic carbocycles. The first-order valence-electron chi connectivity index (χ1n) is 9.73. The van der Waals surface area contributed by atoms with E-state index in [2.05, 4.69) is 16.1 Å². The lowest BCUT2D eigenvalue weighted by Gasteiger charge is -2.19. The third-order valence-corrected chi connectivity index (χ3v) is 5.19. The summed E-state index contributed by atoms with van der Waals surface area (Å²) in [6.07, 6.45) is 2.91. The number of aromatic nitrogens is 4. The van der Waals surface area contributed by atoms with E-state index in [0.29, 0.717) is 17.6 Å². The van der Waals surface area contributed by atoms with Gasteiger partial charge in [-0.1, -0.05) is 42.0 Å². The smallest absolute Gasteiger partial charge is 0.264 e. The fraction of sp³-hybridized carbons (Fsp3) is 0.217. The van der Waals surface area contributed by atoms with Gasteiger partial charge in [-0.15, -0.1) is 0 Å². The molecule has 152 valence electrons. The van der Waals surface area contributed by atoms with Crippen molar-refractivity contribution in [2.75, 3.05) is 7.05 Å². The van der Waals surface area contributed by atoms with Gasteiger partial charge in [-0.3, -0.25) is 14.2 Å². The maximum Gasteiger partial charge on any atom is 0.264 e. The average molecular weight is 401 g/mol. The second-order valence-corrected chi connectivity index (χ2v) is 7.49. The van der Waals surface area contributed by atoms with Gasteiger partial charge in [0.05, 0.1) is 11.9 Å². The maximum absolute atomic E-state index is 12.9. The molecular weight excluding hydrogens is 378 g/mol. The fourth-order valence-electron chi connectivity index (χ4n) is 3.45. The molecule has 7 nitrogen and oxygen atoms in total. The third kappa shape index (κ3) is 3.74. The van der Waals surface area contributed by atoms with Crippen molar-refractivity contribution in [3.05, 3.63) is 88.1 Å². The summed E-state index contributed by atoms with van der Waals surface area (Å²) >= 11 is 0. The van der Waals surface area contributed by atoms with E-state index in [-0.39, 0.29) is 18.0 Å². The van der Waals surface area contributed by atoms with E-state index in [1.807, 2.05) is 56.3 Å². The van der Waals surface area contributed by atoms with Gasteiger partial charge in [-0.2, -0.15) is 5.10 Å². The monoisotopic (exact) mass is 401 g/mol. The molecule has 0 radical (unpaired) electrons. The predicted octanol–water partition coefficient (Wildman–Crippen LogP) is 2.86. The molecule has 0 bridgehead atoms. The molecule has 0 aliphatic rings. The molecule has 1 amide bonds. The van der Waals surface area contributed by atoms with E-state index >= 15 is 0 Å². The van der Waals surface area contributed by atoms with Gasteiger partial charge in [0.15, 0.2) is 5.65 Å². The molecule has 0 fully saturated rings. The highest BCUT2D eigenvalue weighted by atomic mass is 16.2. The molecule has 2 aromatic heterocycles. The van der Waals surface area contributed by atoms with E-state index < -0.39 is 0 Å². The van der Waals surface area contributed by atoms with Crippen molar-refractivity contribution in [1.82, 2.24) is 24.2 Å². The largest absolute Gasteiger partial charge is 0.340 e. The molecule has 30 heavy (non-hydrogen) atoms. The normalized spacial score (nSPS) is 11.0. The zero-order chi connectivity index (χ0) is 21.3. The van der Waals surface area contributed by atoms with Crippen LogP contribution in [-0.4, -0.2) is 37.2 Å². The number of rotatable bonds is 5. The quantitative estimate of drug-likeness (QED) is 0.515. The number of benzene rings is 2. The van der Waals surface area contributed by atoms with Crippen LogP contribution in [0.15, 0.2) is 65.8 Å². The van der Waals surface area contributed by atoms with Crippen LogP contribution in [0.1, 0.15) is 16.7 Å². The summed E-state index contributed by atoms with van der Waals surface area (Å²) in [5.74, 6) is -0.159. The number of hydrogen-bond donors (Lipinski definition) is 0. The van der Waals surface area contributed by atoms with Gasteiger partial charge >= 0.3 is 0 Å². The number of carbonyl (C=O) groups excluding carboxylic acids is 1. The van der Waals surface area contributed by atoms with E-state index in [1.165, 1.54) is 22.7 Å². The van der Waals surface area contributed by atoms with Gasteiger partial charge in [-0.25, -0.2) is 9.67 Å². The number of hydrogen-bond acceptors (Lipinski definition) is 4. The Morgan fingerprint density at radius 3 is 2.60 bits per heavy atom. The topological polar surface area (TPSA) is 73.0 Å². The summed E-state index contributed by atoms with van der Waals surface area (Å²) in [6, 6.07) is 15.7. The minimum absolute atomic E-state index is 0.0697. The minimum atomic E-state index is -0.282. The number of para-hydroxylation sites is 1. The zero-order valence-electron chi connectivity index (χ0n) is 17.2. The van der Waals surface area contributed by atoms with Crippen LogP contribution in [0.5, 0.6) is 0 Å².